The minimum atomic E-state index is -0.255. The molecule has 276 valence electrons. The van der Waals surface area contributed by atoms with Crippen LogP contribution in [0.3, 0.4) is 0 Å². The molecular weight excluding hydrogens is 668 g/mol. The molecule has 53 heavy (non-hydrogen) atoms. The molecule has 4 aliphatic heterocycles. The van der Waals surface area contributed by atoms with Crippen molar-refractivity contribution >= 4 is 56.5 Å². The summed E-state index contributed by atoms with van der Waals surface area (Å²) in [7, 11) is 0. The molecule has 4 heterocycles. The molecule has 1 N–H and O–H groups in total. The van der Waals surface area contributed by atoms with Crippen LogP contribution in [-0.2, 0) is 4.74 Å². The maximum absolute atomic E-state index is 13.7. The van der Waals surface area contributed by atoms with Crippen molar-refractivity contribution in [1.29, 1.82) is 0 Å². The van der Waals surface area contributed by atoms with Gasteiger partial charge in [0.1, 0.15) is 0 Å². The predicted molar refractivity (Wildman–Crippen MR) is 207 cm³/mol. The molecule has 0 bridgehead atoms. The Morgan fingerprint density at radius 1 is 0.604 bits per heavy atom. The van der Waals surface area contributed by atoms with E-state index in [0.29, 0.717) is 61.6 Å². The predicted octanol–water partition coefficient (Wildman–Crippen LogP) is 5.01. The van der Waals surface area contributed by atoms with E-state index in [4.69, 9.17) is 4.74 Å². The zero-order valence-electron chi connectivity index (χ0n) is 30.6. The Labute approximate surface area is 310 Å². The fourth-order valence-electron chi connectivity index (χ4n) is 8.57. The number of amides is 4. The topological polar surface area (TPSA) is 106 Å². The molecule has 0 saturated carbocycles. The molecule has 0 aromatic heterocycles. The Bertz CT molecular complexity index is 2030. The van der Waals surface area contributed by atoms with E-state index in [0.717, 1.165) is 91.5 Å². The molecule has 0 aliphatic carbocycles. The number of likely N-dealkylation sites (N-methyl/N-ethyl adjacent to an activating group) is 1. The largest absolute Gasteiger partial charge is 0.378 e. The number of ether oxygens (including phenoxy) is 1. The van der Waals surface area contributed by atoms with Crippen LogP contribution in [-0.4, -0.2) is 124 Å². The third-order valence-corrected chi connectivity index (χ3v) is 11.4. The third kappa shape index (κ3) is 6.55. The lowest BCUT2D eigenvalue weighted by Crippen LogP contribution is -2.45. The molecular formula is C42H48N6O5. The highest BCUT2D eigenvalue weighted by Crippen LogP contribution is 2.38. The second kappa shape index (κ2) is 15.3. The summed E-state index contributed by atoms with van der Waals surface area (Å²) >= 11 is 0. The molecule has 4 aliphatic rings. The van der Waals surface area contributed by atoms with Crippen LogP contribution < -0.4 is 15.1 Å². The molecule has 4 amide bonds. The molecule has 0 spiro atoms. The summed E-state index contributed by atoms with van der Waals surface area (Å²) < 4.78 is 5.53. The quantitative estimate of drug-likeness (QED) is 0.151. The fraction of sp³-hybridized carbons (Fsp3) is 0.429. The van der Waals surface area contributed by atoms with E-state index in [1.54, 1.807) is 0 Å². The van der Waals surface area contributed by atoms with Crippen molar-refractivity contribution in [3.05, 3.63) is 82.9 Å². The number of carbonyl (C=O) groups excluding carboxylic acids is 4. The molecule has 2 saturated heterocycles. The molecule has 0 unspecified atom stereocenters. The molecule has 0 radical (unpaired) electrons. The van der Waals surface area contributed by atoms with Gasteiger partial charge in [-0.1, -0.05) is 31.2 Å². The number of imide groups is 2. The number of morpholine rings is 1. The summed E-state index contributed by atoms with van der Waals surface area (Å²) in [5.41, 5.74) is 4.49. The van der Waals surface area contributed by atoms with Gasteiger partial charge in [-0.25, -0.2) is 0 Å². The smallest absolute Gasteiger partial charge is 0.261 e. The van der Waals surface area contributed by atoms with E-state index in [1.165, 1.54) is 16.2 Å². The number of rotatable bonds is 13. The van der Waals surface area contributed by atoms with E-state index in [1.807, 2.05) is 54.6 Å². The Morgan fingerprint density at radius 3 is 1.70 bits per heavy atom. The summed E-state index contributed by atoms with van der Waals surface area (Å²) in [5, 5.41) is 6.85. The molecule has 2 fully saturated rings. The second-order valence-corrected chi connectivity index (χ2v) is 14.4. The summed E-state index contributed by atoms with van der Waals surface area (Å²) in [6.07, 6.45) is 4.39. The third-order valence-electron chi connectivity index (χ3n) is 11.4. The molecule has 0 atom stereocenters. The van der Waals surface area contributed by atoms with Crippen molar-refractivity contribution in [2.45, 2.75) is 32.6 Å². The van der Waals surface area contributed by atoms with Gasteiger partial charge in [0.15, 0.2) is 0 Å². The average Bonchev–Trinajstić information content (AvgIpc) is 3.20. The van der Waals surface area contributed by atoms with Crippen molar-refractivity contribution in [1.82, 2.24) is 20.0 Å². The van der Waals surface area contributed by atoms with Crippen LogP contribution in [0.1, 0.15) is 74.0 Å². The Hall–Kier alpha value is -4.84. The highest BCUT2D eigenvalue weighted by molar-refractivity contribution is 6.28. The maximum Gasteiger partial charge on any atom is 0.261 e. The zero-order valence-corrected chi connectivity index (χ0v) is 30.6. The van der Waals surface area contributed by atoms with Crippen molar-refractivity contribution in [3.8, 4) is 0 Å². The number of nitrogens with one attached hydrogen (secondary N) is 1. The Morgan fingerprint density at radius 2 is 1.13 bits per heavy atom. The molecule has 8 rings (SSSR count). The van der Waals surface area contributed by atoms with Crippen LogP contribution in [0.2, 0.25) is 0 Å². The Balaban J connectivity index is 0.835. The lowest BCUT2D eigenvalue weighted by molar-refractivity contribution is 0.0586. The first-order valence-corrected chi connectivity index (χ1v) is 19.3. The molecule has 4 aromatic carbocycles. The van der Waals surface area contributed by atoms with Crippen LogP contribution >= 0.6 is 0 Å². The van der Waals surface area contributed by atoms with Gasteiger partial charge in [-0.05, 0) is 81.7 Å². The van der Waals surface area contributed by atoms with Crippen LogP contribution in [0.4, 0.5) is 11.4 Å². The minimum Gasteiger partial charge on any atom is -0.378 e. The van der Waals surface area contributed by atoms with Gasteiger partial charge in [0.25, 0.3) is 23.6 Å². The van der Waals surface area contributed by atoms with Gasteiger partial charge < -0.3 is 24.8 Å². The van der Waals surface area contributed by atoms with Crippen molar-refractivity contribution in [2.24, 2.45) is 0 Å². The first-order chi connectivity index (χ1) is 26.0. The highest BCUT2D eigenvalue weighted by atomic mass is 16.5. The van der Waals surface area contributed by atoms with Gasteiger partial charge in [0, 0.05) is 108 Å². The van der Waals surface area contributed by atoms with E-state index >= 15 is 0 Å². The van der Waals surface area contributed by atoms with Gasteiger partial charge in [0.05, 0.1) is 13.2 Å². The van der Waals surface area contributed by atoms with Gasteiger partial charge in [-0.2, -0.15) is 0 Å². The summed E-state index contributed by atoms with van der Waals surface area (Å²) in [4.78, 5) is 64.3. The summed E-state index contributed by atoms with van der Waals surface area (Å²) in [5.74, 6) is -0.955. The standard InChI is InChI=1S/C42H48N6O5/c1-2-44(23-24-48-40(50)32-12-6-9-29-35(45-20-4-3-5-21-45)15-13-34(37(29)32)42(48)52)19-8-17-43-18-22-47-39(49)31-11-7-10-30-36(46-25-27-53-28-26-46)16-14-33(38(30)31)41(47)51/h6-7,9-16,43H,2-5,8,17-28H2,1H3. The van der Waals surface area contributed by atoms with Crippen LogP contribution in [0.25, 0.3) is 21.5 Å². The van der Waals surface area contributed by atoms with Gasteiger partial charge >= 0.3 is 0 Å². The lowest BCUT2D eigenvalue weighted by atomic mass is 9.92. The number of hydrogen-bond donors (Lipinski definition) is 1. The fourth-order valence-corrected chi connectivity index (χ4v) is 8.57. The molecule has 4 aromatic rings. The van der Waals surface area contributed by atoms with Gasteiger partial charge in [0.2, 0.25) is 0 Å². The highest BCUT2D eigenvalue weighted by Gasteiger charge is 2.35. The van der Waals surface area contributed by atoms with E-state index in [9.17, 15) is 19.2 Å². The van der Waals surface area contributed by atoms with E-state index in [2.05, 4.69) is 33.0 Å². The monoisotopic (exact) mass is 716 g/mol. The van der Waals surface area contributed by atoms with Gasteiger partial charge in [-0.3, -0.25) is 29.0 Å². The van der Waals surface area contributed by atoms with Crippen molar-refractivity contribution in [3.63, 3.8) is 0 Å². The Kier molecular flexibility index (Phi) is 10.1. The lowest BCUT2D eigenvalue weighted by Gasteiger charge is -2.33. The van der Waals surface area contributed by atoms with Crippen LogP contribution in [0, 0.1) is 0 Å². The van der Waals surface area contributed by atoms with Crippen molar-refractivity contribution in [2.75, 3.05) is 95.0 Å². The number of piperidine rings is 1. The minimum absolute atomic E-state index is 0.222. The van der Waals surface area contributed by atoms with Crippen LogP contribution in [0.5, 0.6) is 0 Å². The SMILES string of the molecule is CCN(CCCNCCN1C(=O)c2cccc3c(N4CCOCC4)ccc(c23)C1=O)CCN1C(=O)c2cccc3c(N4CCCCC4)ccc(c23)C1=O. The normalized spacial score (nSPS) is 17.6. The summed E-state index contributed by atoms with van der Waals surface area (Å²) in [6, 6.07) is 19.4. The number of nitrogens with zero attached hydrogens (tertiary/aromatic N) is 5. The zero-order chi connectivity index (χ0) is 36.5. The first kappa shape index (κ1) is 35.2. The number of anilines is 2. The van der Waals surface area contributed by atoms with E-state index < -0.39 is 0 Å². The molecule has 11 heteroatoms. The van der Waals surface area contributed by atoms with Crippen LogP contribution in [0.15, 0.2) is 60.7 Å². The second-order valence-electron chi connectivity index (χ2n) is 14.4. The number of benzene rings is 4. The average molecular weight is 717 g/mol. The summed E-state index contributed by atoms with van der Waals surface area (Å²) in [6.45, 7) is 10.9. The first-order valence-electron chi connectivity index (χ1n) is 19.3. The van der Waals surface area contributed by atoms with E-state index in [-0.39, 0.29) is 30.2 Å². The number of carbonyl (C=O) groups is 4. The van der Waals surface area contributed by atoms with Gasteiger partial charge in [-0.15, -0.1) is 0 Å². The maximum atomic E-state index is 13.7. The number of hydrogen-bond acceptors (Lipinski definition) is 9. The van der Waals surface area contributed by atoms with Crippen molar-refractivity contribution < 1.29 is 23.9 Å². The molecule has 11 nitrogen and oxygen atoms in total.